The van der Waals surface area contributed by atoms with E-state index in [2.05, 4.69) is 6.92 Å². The van der Waals surface area contributed by atoms with Gasteiger partial charge in [0, 0.05) is 12.3 Å². The van der Waals surface area contributed by atoms with Gasteiger partial charge in [0.25, 0.3) is 0 Å². The molecule has 0 amide bonds. The maximum atomic E-state index is 10.8. The summed E-state index contributed by atoms with van der Waals surface area (Å²) < 4.78 is 0. The van der Waals surface area contributed by atoms with Gasteiger partial charge in [-0.1, -0.05) is 13.8 Å². The van der Waals surface area contributed by atoms with E-state index in [9.17, 15) is 4.79 Å². The van der Waals surface area contributed by atoms with Crippen LogP contribution in [-0.2, 0) is 4.79 Å². The largest absolute Gasteiger partial charge is 0.299 e. The number of ketones is 1. The number of rotatable bonds is 0. The second-order valence-electron chi connectivity index (χ2n) is 2.77. The molecule has 0 aliphatic heterocycles. The summed E-state index contributed by atoms with van der Waals surface area (Å²) in [7, 11) is 0. The topological polar surface area (TPSA) is 17.1 Å². The molecule has 0 heterocycles. The Morgan fingerprint density at radius 1 is 1.50 bits per heavy atom. The lowest BCUT2D eigenvalue weighted by Crippen LogP contribution is -2.06. The Hall–Kier alpha value is -0.330. The molecule has 0 aromatic carbocycles. The molecule has 0 radical (unpaired) electrons. The van der Waals surface area contributed by atoms with Crippen molar-refractivity contribution in [3.8, 4) is 0 Å². The van der Waals surface area contributed by atoms with E-state index in [0.29, 0.717) is 17.6 Å². The molecule has 1 aliphatic carbocycles. The normalized spacial score (nSPS) is 38.5. The van der Waals surface area contributed by atoms with Crippen LogP contribution in [0, 0.1) is 11.8 Å². The van der Waals surface area contributed by atoms with Gasteiger partial charge in [0.2, 0.25) is 0 Å². The number of hydrogen-bond donors (Lipinski definition) is 0. The van der Waals surface area contributed by atoms with Crippen molar-refractivity contribution in [3.63, 3.8) is 0 Å². The molecule has 1 fully saturated rings. The zero-order valence-electron chi connectivity index (χ0n) is 5.48. The van der Waals surface area contributed by atoms with Crippen LogP contribution in [-0.4, -0.2) is 5.78 Å². The van der Waals surface area contributed by atoms with E-state index in [1.807, 2.05) is 6.92 Å². The SMILES string of the molecule is CC1C(=O)CC[C@H]1C. The van der Waals surface area contributed by atoms with Gasteiger partial charge in [0.1, 0.15) is 5.78 Å². The Morgan fingerprint density at radius 2 is 2.12 bits per heavy atom. The van der Waals surface area contributed by atoms with Gasteiger partial charge in [0.05, 0.1) is 0 Å². The molecule has 1 rings (SSSR count). The molecular formula is C7H12O. The summed E-state index contributed by atoms with van der Waals surface area (Å²) in [5.74, 6) is 1.44. The van der Waals surface area contributed by atoms with E-state index in [0.717, 1.165) is 12.8 Å². The van der Waals surface area contributed by atoms with E-state index in [1.165, 1.54) is 0 Å². The van der Waals surface area contributed by atoms with Crippen molar-refractivity contribution in [2.24, 2.45) is 11.8 Å². The predicted octanol–water partition coefficient (Wildman–Crippen LogP) is 1.62. The van der Waals surface area contributed by atoms with E-state index in [1.54, 1.807) is 0 Å². The molecule has 0 spiro atoms. The fourth-order valence-electron chi connectivity index (χ4n) is 1.16. The molecule has 1 heteroatoms. The molecule has 1 aliphatic rings. The van der Waals surface area contributed by atoms with Crippen molar-refractivity contribution < 1.29 is 4.79 Å². The zero-order valence-corrected chi connectivity index (χ0v) is 5.48. The van der Waals surface area contributed by atoms with Crippen LogP contribution in [0.5, 0.6) is 0 Å². The molecule has 1 saturated carbocycles. The molecule has 8 heavy (non-hydrogen) atoms. The molecule has 0 aromatic rings. The lowest BCUT2D eigenvalue weighted by Gasteiger charge is -2.03. The van der Waals surface area contributed by atoms with Crippen LogP contribution in [0.1, 0.15) is 26.7 Å². The fraction of sp³-hybridized carbons (Fsp3) is 0.857. The summed E-state index contributed by atoms with van der Waals surface area (Å²) in [4.78, 5) is 10.8. The Labute approximate surface area is 50.1 Å². The van der Waals surface area contributed by atoms with Crippen LogP contribution < -0.4 is 0 Å². The number of carbonyl (C=O) groups is 1. The van der Waals surface area contributed by atoms with E-state index < -0.39 is 0 Å². The van der Waals surface area contributed by atoms with E-state index in [4.69, 9.17) is 0 Å². The monoisotopic (exact) mass is 112 g/mol. The molecule has 0 bridgehead atoms. The highest BCUT2D eigenvalue weighted by molar-refractivity contribution is 5.82. The second kappa shape index (κ2) is 1.88. The second-order valence-corrected chi connectivity index (χ2v) is 2.77. The van der Waals surface area contributed by atoms with Crippen LogP contribution in [0.4, 0.5) is 0 Å². The van der Waals surface area contributed by atoms with E-state index in [-0.39, 0.29) is 0 Å². The highest BCUT2D eigenvalue weighted by Crippen LogP contribution is 2.26. The molecule has 0 saturated heterocycles. The van der Waals surface area contributed by atoms with Crippen molar-refractivity contribution in [3.05, 3.63) is 0 Å². The summed E-state index contributed by atoms with van der Waals surface area (Å²) in [6.07, 6.45) is 1.93. The lowest BCUT2D eigenvalue weighted by atomic mass is 10.0. The van der Waals surface area contributed by atoms with Crippen molar-refractivity contribution in [1.29, 1.82) is 0 Å². The molecule has 46 valence electrons. The van der Waals surface area contributed by atoms with Crippen LogP contribution in [0.3, 0.4) is 0 Å². The van der Waals surface area contributed by atoms with Gasteiger partial charge in [-0.25, -0.2) is 0 Å². The molecule has 1 nitrogen and oxygen atoms in total. The Bertz CT molecular complexity index is 107. The summed E-state index contributed by atoms with van der Waals surface area (Å²) in [5.41, 5.74) is 0. The molecule has 2 atom stereocenters. The lowest BCUT2D eigenvalue weighted by molar-refractivity contribution is -0.120. The maximum Gasteiger partial charge on any atom is 0.135 e. The number of carbonyl (C=O) groups excluding carboxylic acids is 1. The molecule has 0 N–H and O–H groups in total. The van der Waals surface area contributed by atoms with Crippen molar-refractivity contribution in [2.75, 3.05) is 0 Å². The Kier molecular flexibility index (Phi) is 1.37. The van der Waals surface area contributed by atoms with Crippen LogP contribution >= 0.6 is 0 Å². The smallest absolute Gasteiger partial charge is 0.135 e. The van der Waals surface area contributed by atoms with Crippen LogP contribution in [0.25, 0.3) is 0 Å². The van der Waals surface area contributed by atoms with Crippen LogP contribution in [0.15, 0.2) is 0 Å². The van der Waals surface area contributed by atoms with Gasteiger partial charge in [-0.3, -0.25) is 4.79 Å². The Balaban J connectivity index is 2.56. The summed E-state index contributed by atoms with van der Waals surface area (Å²) in [5, 5.41) is 0. The summed E-state index contributed by atoms with van der Waals surface area (Å²) in [6, 6.07) is 0. The summed E-state index contributed by atoms with van der Waals surface area (Å²) in [6.45, 7) is 4.18. The van der Waals surface area contributed by atoms with E-state index >= 15 is 0 Å². The first-order valence-corrected chi connectivity index (χ1v) is 3.24. The third kappa shape index (κ3) is 0.770. The minimum absolute atomic E-state index is 0.343. The average molecular weight is 112 g/mol. The van der Waals surface area contributed by atoms with Gasteiger partial charge in [0.15, 0.2) is 0 Å². The highest BCUT2D eigenvalue weighted by atomic mass is 16.1. The third-order valence-electron chi connectivity index (χ3n) is 2.21. The summed E-state index contributed by atoms with van der Waals surface area (Å²) >= 11 is 0. The van der Waals surface area contributed by atoms with Crippen LogP contribution in [0.2, 0.25) is 0 Å². The first kappa shape index (κ1) is 5.80. The molecule has 1 unspecified atom stereocenters. The maximum absolute atomic E-state index is 10.8. The van der Waals surface area contributed by atoms with Crippen molar-refractivity contribution in [2.45, 2.75) is 26.7 Å². The first-order chi connectivity index (χ1) is 3.72. The zero-order chi connectivity index (χ0) is 6.15. The third-order valence-corrected chi connectivity index (χ3v) is 2.21. The predicted molar refractivity (Wildman–Crippen MR) is 32.6 cm³/mol. The van der Waals surface area contributed by atoms with Crippen molar-refractivity contribution >= 4 is 5.78 Å². The average Bonchev–Trinajstić information content (AvgIpc) is 1.98. The fourth-order valence-corrected chi connectivity index (χ4v) is 1.16. The van der Waals surface area contributed by atoms with Gasteiger partial charge in [-0.15, -0.1) is 0 Å². The minimum atomic E-state index is 0.343. The quantitative estimate of drug-likeness (QED) is 0.465. The van der Waals surface area contributed by atoms with Gasteiger partial charge >= 0.3 is 0 Å². The molecular weight excluding hydrogens is 100 g/mol. The van der Waals surface area contributed by atoms with Gasteiger partial charge < -0.3 is 0 Å². The number of hydrogen-bond acceptors (Lipinski definition) is 1. The highest BCUT2D eigenvalue weighted by Gasteiger charge is 2.26. The minimum Gasteiger partial charge on any atom is -0.299 e. The standard InChI is InChI=1S/C7H12O/c1-5-3-4-7(8)6(5)2/h5-6H,3-4H2,1-2H3/t5-,6?/m1/s1. The first-order valence-electron chi connectivity index (χ1n) is 3.24. The van der Waals surface area contributed by atoms with Crippen molar-refractivity contribution in [1.82, 2.24) is 0 Å². The van der Waals surface area contributed by atoms with Gasteiger partial charge in [-0.05, 0) is 12.3 Å². The number of Topliss-reactive ketones (excluding diaryl/α,β-unsaturated/α-hetero) is 1. The van der Waals surface area contributed by atoms with Gasteiger partial charge in [-0.2, -0.15) is 0 Å². The Morgan fingerprint density at radius 3 is 2.25 bits per heavy atom. The molecule has 0 aromatic heterocycles.